The van der Waals surface area contributed by atoms with Crippen LogP contribution in [0.5, 0.6) is 5.75 Å². The van der Waals surface area contributed by atoms with E-state index in [0.717, 1.165) is 23.4 Å². The molecule has 2 N–H and O–H groups in total. The molecule has 23 heavy (non-hydrogen) atoms. The highest BCUT2D eigenvalue weighted by Gasteiger charge is 2.23. The predicted molar refractivity (Wildman–Crippen MR) is 87.1 cm³/mol. The summed E-state index contributed by atoms with van der Waals surface area (Å²) in [5, 5.41) is 0. The summed E-state index contributed by atoms with van der Waals surface area (Å²) >= 11 is 0. The minimum Gasteiger partial charge on any atom is -0.491 e. The Morgan fingerprint density at radius 1 is 1.30 bits per heavy atom. The van der Waals surface area contributed by atoms with Gasteiger partial charge in [0.1, 0.15) is 5.75 Å². The zero-order chi connectivity index (χ0) is 16.4. The first-order valence-electron chi connectivity index (χ1n) is 7.69. The van der Waals surface area contributed by atoms with Gasteiger partial charge in [0.15, 0.2) is 0 Å². The normalized spacial score (nSPS) is 13.8. The van der Waals surface area contributed by atoms with Gasteiger partial charge in [0.25, 0.3) is 5.91 Å². The number of anilines is 1. The zero-order valence-electron chi connectivity index (χ0n) is 13.3. The van der Waals surface area contributed by atoms with Crippen molar-refractivity contribution in [1.29, 1.82) is 0 Å². The second kappa shape index (κ2) is 6.24. The van der Waals surface area contributed by atoms with Crippen molar-refractivity contribution >= 4 is 11.9 Å². The molecule has 2 heterocycles. The Kier molecular flexibility index (Phi) is 4.14. The Labute approximate surface area is 135 Å². The van der Waals surface area contributed by atoms with Crippen LogP contribution in [0.4, 0.5) is 5.95 Å². The lowest BCUT2D eigenvalue weighted by molar-refractivity contribution is 0.0731. The van der Waals surface area contributed by atoms with E-state index in [0.29, 0.717) is 18.7 Å². The second-order valence-corrected chi connectivity index (χ2v) is 5.87. The van der Waals surface area contributed by atoms with E-state index in [4.69, 9.17) is 10.5 Å². The van der Waals surface area contributed by atoms with Crippen molar-refractivity contribution in [3.63, 3.8) is 0 Å². The molecule has 1 aromatic heterocycles. The molecule has 120 valence electrons. The van der Waals surface area contributed by atoms with Gasteiger partial charge in [-0.2, -0.15) is 0 Å². The average Bonchev–Trinajstić information content (AvgIpc) is 2.53. The number of rotatable bonds is 3. The molecule has 0 aliphatic carbocycles. The number of hydrogen-bond donors (Lipinski definition) is 1. The lowest BCUT2D eigenvalue weighted by atomic mass is 10.1. The van der Waals surface area contributed by atoms with E-state index in [2.05, 4.69) is 9.97 Å². The van der Waals surface area contributed by atoms with Gasteiger partial charge in [-0.15, -0.1) is 0 Å². The first-order chi connectivity index (χ1) is 11.0. The summed E-state index contributed by atoms with van der Waals surface area (Å²) in [5.41, 5.74) is 8.17. The van der Waals surface area contributed by atoms with Crippen LogP contribution in [0.15, 0.2) is 30.5 Å². The van der Waals surface area contributed by atoms with Gasteiger partial charge < -0.3 is 15.4 Å². The van der Waals surface area contributed by atoms with Crippen LogP contribution in [-0.2, 0) is 13.0 Å². The summed E-state index contributed by atoms with van der Waals surface area (Å²) < 4.78 is 5.60. The molecule has 0 saturated carbocycles. The van der Waals surface area contributed by atoms with E-state index in [1.165, 1.54) is 0 Å². The van der Waals surface area contributed by atoms with Gasteiger partial charge >= 0.3 is 0 Å². The van der Waals surface area contributed by atoms with Gasteiger partial charge in [0.05, 0.1) is 18.3 Å². The van der Waals surface area contributed by atoms with Crippen LogP contribution in [0.2, 0.25) is 0 Å². The fourth-order valence-corrected chi connectivity index (χ4v) is 2.62. The molecule has 1 amide bonds. The molecule has 1 aromatic carbocycles. The number of nitrogen functional groups attached to an aromatic ring is 1. The Morgan fingerprint density at radius 3 is 2.74 bits per heavy atom. The van der Waals surface area contributed by atoms with E-state index in [-0.39, 0.29) is 18.0 Å². The molecular weight excluding hydrogens is 292 g/mol. The van der Waals surface area contributed by atoms with Gasteiger partial charge in [-0.05, 0) is 50.1 Å². The molecule has 0 radical (unpaired) electrons. The molecule has 0 spiro atoms. The number of benzene rings is 1. The largest absolute Gasteiger partial charge is 0.491 e. The van der Waals surface area contributed by atoms with Gasteiger partial charge in [0, 0.05) is 18.3 Å². The van der Waals surface area contributed by atoms with Crippen LogP contribution in [0, 0.1) is 0 Å². The third kappa shape index (κ3) is 3.41. The summed E-state index contributed by atoms with van der Waals surface area (Å²) in [6.45, 7) is 5.06. The molecule has 0 atom stereocenters. The molecule has 1 aliphatic heterocycles. The SMILES string of the molecule is CC(C)Oc1ccc(C(=O)N2CCc3cnc(N)nc3C2)cc1. The third-order valence-electron chi connectivity index (χ3n) is 3.72. The maximum absolute atomic E-state index is 12.6. The zero-order valence-corrected chi connectivity index (χ0v) is 13.3. The highest BCUT2D eigenvalue weighted by atomic mass is 16.5. The molecule has 0 fully saturated rings. The Morgan fingerprint density at radius 2 is 2.04 bits per heavy atom. The summed E-state index contributed by atoms with van der Waals surface area (Å²) in [4.78, 5) is 22.7. The fourth-order valence-electron chi connectivity index (χ4n) is 2.62. The van der Waals surface area contributed by atoms with E-state index < -0.39 is 0 Å². The van der Waals surface area contributed by atoms with Crippen LogP contribution in [0.1, 0.15) is 35.5 Å². The lowest BCUT2D eigenvalue weighted by Crippen LogP contribution is -2.36. The van der Waals surface area contributed by atoms with Gasteiger partial charge in [-0.25, -0.2) is 9.97 Å². The first-order valence-corrected chi connectivity index (χ1v) is 7.69. The van der Waals surface area contributed by atoms with Gasteiger partial charge in [-0.3, -0.25) is 4.79 Å². The van der Waals surface area contributed by atoms with Crippen molar-refractivity contribution in [3.8, 4) is 5.75 Å². The highest BCUT2D eigenvalue weighted by molar-refractivity contribution is 5.94. The third-order valence-corrected chi connectivity index (χ3v) is 3.72. The first kappa shape index (κ1) is 15.3. The van der Waals surface area contributed by atoms with E-state index in [1.54, 1.807) is 23.2 Å². The molecule has 2 aromatic rings. The maximum atomic E-state index is 12.6. The molecule has 6 heteroatoms. The Bertz CT molecular complexity index is 713. The minimum atomic E-state index is -0.0102. The number of ether oxygens (including phenoxy) is 1. The molecule has 0 saturated heterocycles. The number of fused-ring (bicyclic) bond motifs is 1. The smallest absolute Gasteiger partial charge is 0.254 e. The van der Waals surface area contributed by atoms with Crippen molar-refractivity contribution in [2.24, 2.45) is 0 Å². The average molecular weight is 312 g/mol. The molecule has 1 aliphatic rings. The molecular formula is C17H20N4O2. The van der Waals surface area contributed by atoms with Crippen LogP contribution < -0.4 is 10.5 Å². The summed E-state index contributed by atoms with van der Waals surface area (Å²) in [5.74, 6) is 0.998. The van der Waals surface area contributed by atoms with Crippen molar-refractivity contribution in [1.82, 2.24) is 14.9 Å². The van der Waals surface area contributed by atoms with E-state index in [9.17, 15) is 4.79 Å². The number of amides is 1. The molecule has 6 nitrogen and oxygen atoms in total. The molecule has 3 rings (SSSR count). The van der Waals surface area contributed by atoms with Crippen molar-refractivity contribution in [2.45, 2.75) is 32.9 Å². The van der Waals surface area contributed by atoms with Crippen molar-refractivity contribution in [2.75, 3.05) is 12.3 Å². The minimum absolute atomic E-state index is 0.0102. The monoisotopic (exact) mass is 312 g/mol. The van der Waals surface area contributed by atoms with Crippen LogP contribution in [0.3, 0.4) is 0 Å². The summed E-state index contributed by atoms with van der Waals surface area (Å²) in [6, 6.07) is 7.24. The lowest BCUT2D eigenvalue weighted by Gasteiger charge is -2.28. The predicted octanol–water partition coefficient (Wildman–Crippen LogP) is 2.04. The standard InChI is InChI=1S/C17H20N4O2/c1-11(2)23-14-5-3-12(4-6-14)16(22)21-8-7-13-9-19-17(18)20-15(13)10-21/h3-6,9,11H,7-8,10H2,1-2H3,(H2,18,19,20). The van der Waals surface area contributed by atoms with Crippen LogP contribution in [0.25, 0.3) is 0 Å². The van der Waals surface area contributed by atoms with Crippen molar-refractivity contribution in [3.05, 3.63) is 47.3 Å². The summed E-state index contributed by atoms with van der Waals surface area (Å²) in [6.07, 6.45) is 2.60. The van der Waals surface area contributed by atoms with Gasteiger partial charge in [0.2, 0.25) is 5.95 Å². The number of carbonyl (C=O) groups excluding carboxylic acids is 1. The molecule has 0 unspecified atom stereocenters. The van der Waals surface area contributed by atoms with Crippen LogP contribution >= 0.6 is 0 Å². The molecule has 0 bridgehead atoms. The Balaban J connectivity index is 1.73. The van der Waals surface area contributed by atoms with E-state index in [1.807, 2.05) is 26.0 Å². The number of carbonyl (C=O) groups is 1. The van der Waals surface area contributed by atoms with Crippen molar-refractivity contribution < 1.29 is 9.53 Å². The van der Waals surface area contributed by atoms with E-state index >= 15 is 0 Å². The van der Waals surface area contributed by atoms with Crippen LogP contribution in [-0.4, -0.2) is 33.4 Å². The highest BCUT2D eigenvalue weighted by Crippen LogP contribution is 2.20. The van der Waals surface area contributed by atoms with Gasteiger partial charge in [-0.1, -0.05) is 0 Å². The quantitative estimate of drug-likeness (QED) is 0.938. The number of hydrogen-bond acceptors (Lipinski definition) is 5. The topological polar surface area (TPSA) is 81.3 Å². The number of nitrogens with two attached hydrogens (primary N) is 1. The number of aromatic nitrogens is 2. The fraction of sp³-hybridized carbons (Fsp3) is 0.353. The second-order valence-electron chi connectivity index (χ2n) is 5.87. The summed E-state index contributed by atoms with van der Waals surface area (Å²) in [7, 11) is 0. The number of nitrogens with zero attached hydrogens (tertiary/aromatic N) is 3. The Hall–Kier alpha value is -2.63. The maximum Gasteiger partial charge on any atom is 0.254 e.